The Morgan fingerprint density at radius 1 is 1.11 bits per heavy atom. The summed E-state index contributed by atoms with van der Waals surface area (Å²) in [4.78, 5) is 12.6. The van der Waals surface area contributed by atoms with E-state index in [1.54, 1.807) is 25.3 Å². The topological polar surface area (TPSA) is 75.7 Å². The zero-order valence-electron chi connectivity index (χ0n) is 16.1. The highest BCUT2D eigenvalue weighted by Crippen LogP contribution is 2.22. The summed E-state index contributed by atoms with van der Waals surface area (Å²) in [7, 11) is -1.88. The van der Waals surface area contributed by atoms with E-state index in [9.17, 15) is 13.2 Å². The van der Waals surface area contributed by atoms with Crippen LogP contribution in [0.5, 0.6) is 5.75 Å². The number of ether oxygens (including phenoxy) is 1. The third-order valence-electron chi connectivity index (χ3n) is 4.90. The lowest BCUT2D eigenvalue weighted by Crippen LogP contribution is -2.29. The fraction of sp³-hybridized carbons (Fsp3) is 0.381. The SMILES string of the molecule is COc1ccccc1CCCNC(=O)c1cccc(S(=O)(=O)N2CCCC2)c1. The zero-order valence-corrected chi connectivity index (χ0v) is 16.9. The molecule has 0 aliphatic carbocycles. The van der Waals surface area contributed by atoms with Crippen molar-refractivity contribution in [2.45, 2.75) is 30.6 Å². The van der Waals surface area contributed by atoms with E-state index in [0.29, 0.717) is 25.2 Å². The van der Waals surface area contributed by atoms with Crippen molar-refractivity contribution < 1.29 is 17.9 Å². The van der Waals surface area contributed by atoms with E-state index in [4.69, 9.17) is 4.74 Å². The summed E-state index contributed by atoms with van der Waals surface area (Å²) >= 11 is 0. The molecule has 6 nitrogen and oxygen atoms in total. The van der Waals surface area contributed by atoms with Crippen LogP contribution in [-0.4, -0.2) is 45.4 Å². The van der Waals surface area contributed by atoms with Gasteiger partial charge in [-0.3, -0.25) is 4.79 Å². The van der Waals surface area contributed by atoms with Crippen LogP contribution in [-0.2, 0) is 16.4 Å². The average molecular weight is 403 g/mol. The largest absolute Gasteiger partial charge is 0.496 e. The first-order valence-electron chi connectivity index (χ1n) is 9.52. The third-order valence-corrected chi connectivity index (χ3v) is 6.79. The fourth-order valence-corrected chi connectivity index (χ4v) is 4.93. The van der Waals surface area contributed by atoms with E-state index < -0.39 is 10.0 Å². The summed E-state index contributed by atoms with van der Waals surface area (Å²) < 4.78 is 32.2. The van der Waals surface area contributed by atoms with Gasteiger partial charge in [0.15, 0.2) is 0 Å². The minimum atomic E-state index is -3.52. The van der Waals surface area contributed by atoms with Gasteiger partial charge >= 0.3 is 0 Å². The quantitative estimate of drug-likeness (QED) is 0.689. The van der Waals surface area contributed by atoms with E-state index in [1.807, 2.05) is 24.3 Å². The Hall–Kier alpha value is -2.38. The Bertz CT molecular complexity index is 922. The number of amides is 1. The molecular formula is C21H26N2O4S. The average Bonchev–Trinajstić information content (AvgIpc) is 3.27. The number of rotatable bonds is 8. The maximum Gasteiger partial charge on any atom is 0.251 e. The van der Waals surface area contributed by atoms with Crippen molar-refractivity contribution >= 4 is 15.9 Å². The molecule has 0 bridgehead atoms. The number of hydrogen-bond donors (Lipinski definition) is 1. The van der Waals surface area contributed by atoms with Crippen LogP contribution in [0.4, 0.5) is 0 Å². The molecule has 1 saturated heterocycles. The Balaban J connectivity index is 1.57. The van der Waals surface area contributed by atoms with E-state index in [0.717, 1.165) is 37.0 Å². The van der Waals surface area contributed by atoms with Gasteiger partial charge in [-0.1, -0.05) is 24.3 Å². The lowest BCUT2D eigenvalue weighted by Gasteiger charge is -2.16. The van der Waals surface area contributed by atoms with Crippen molar-refractivity contribution in [2.75, 3.05) is 26.7 Å². The van der Waals surface area contributed by atoms with Gasteiger partial charge < -0.3 is 10.1 Å². The molecule has 0 atom stereocenters. The first kappa shape index (κ1) is 20.4. The zero-order chi connectivity index (χ0) is 20.0. The van der Waals surface area contributed by atoms with Gasteiger partial charge in [-0.05, 0) is 55.5 Å². The van der Waals surface area contributed by atoms with Crippen LogP contribution in [0.1, 0.15) is 35.2 Å². The third kappa shape index (κ3) is 4.72. The maximum absolute atomic E-state index is 12.7. The first-order valence-corrected chi connectivity index (χ1v) is 11.0. The molecule has 0 radical (unpaired) electrons. The molecule has 1 N–H and O–H groups in total. The van der Waals surface area contributed by atoms with E-state index in [-0.39, 0.29) is 10.8 Å². The van der Waals surface area contributed by atoms with Gasteiger partial charge in [-0.2, -0.15) is 4.31 Å². The normalized spacial score (nSPS) is 14.8. The van der Waals surface area contributed by atoms with Crippen LogP contribution in [0.3, 0.4) is 0 Å². The standard InChI is InChI=1S/C21H26N2O4S/c1-27-20-12-3-2-8-17(20)10-7-13-22-21(24)18-9-6-11-19(16-18)28(25,26)23-14-4-5-15-23/h2-3,6,8-9,11-12,16H,4-5,7,10,13-15H2,1H3,(H,22,24). The highest BCUT2D eigenvalue weighted by molar-refractivity contribution is 7.89. The van der Waals surface area contributed by atoms with Crippen LogP contribution in [0.2, 0.25) is 0 Å². The molecule has 0 unspecified atom stereocenters. The van der Waals surface area contributed by atoms with Gasteiger partial charge in [-0.15, -0.1) is 0 Å². The molecule has 150 valence electrons. The number of hydrogen-bond acceptors (Lipinski definition) is 4. The van der Waals surface area contributed by atoms with Crippen molar-refractivity contribution in [3.8, 4) is 5.75 Å². The molecule has 7 heteroatoms. The Morgan fingerprint density at radius 3 is 2.61 bits per heavy atom. The molecular weight excluding hydrogens is 376 g/mol. The van der Waals surface area contributed by atoms with Crippen molar-refractivity contribution in [2.24, 2.45) is 0 Å². The molecule has 3 rings (SSSR count). The number of para-hydroxylation sites is 1. The minimum Gasteiger partial charge on any atom is -0.496 e. The Labute approximate surface area is 166 Å². The van der Waals surface area contributed by atoms with E-state index in [2.05, 4.69) is 5.32 Å². The molecule has 2 aromatic carbocycles. The second kappa shape index (κ2) is 9.21. The molecule has 0 aromatic heterocycles. The molecule has 0 saturated carbocycles. The summed E-state index contributed by atoms with van der Waals surface area (Å²) in [5, 5.41) is 2.87. The highest BCUT2D eigenvalue weighted by Gasteiger charge is 2.27. The predicted molar refractivity (Wildman–Crippen MR) is 108 cm³/mol. The molecule has 28 heavy (non-hydrogen) atoms. The number of carbonyl (C=O) groups excluding carboxylic acids is 1. The number of carbonyl (C=O) groups is 1. The van der Waals surface area contributed by atoms with Crippen LogP contribution in [0.15, 0.2) is 53.4 Å². The molecule has 2 aromatic rings. The molecule has 1 aliphatic rings. The lowest BCUT2D eigenvalue weighted by atomic mass is 10.1. The maximum atomic E-state index is 12.7. The molecule has 1 heterocycles. The first-order chi connectivity index (χ1) is 13.5. The summed E-state index contributed by atoms with van der Waals surface area (Å²) in [6, 6.07) is 14.1. The number of aryl methyl sites for hydroxylation is 1. The number of nitrogens with one attached hydrogen (secondary N) is 1. The van der Waals surface area contributed by atoms with Crippen molar-refractivity contribution in [3.63, 3.8) is 0 Å². The van der Waals surface area contributed by atoms with Crippen molar-refractivity contribution in [1.29, 1.82) is 0 Å². The van der Waals surface area contributed by atoms with Crippen molar-refractivity contribution in [1.82, 2.24) is 9.62 Å². The second-order valence-electron chi connectivity index (χ2n) is 6.81. The summed E-state index contributed by atoms with van der Waals surface area (Å²) in [6.45, 7) is 1.59. The Morgan fingerprint density at radius 2 is 1.86 bits per heavy atom. The Kier molecular flexibility index (Phi) is 6.70. The van der Waals surface area contributed by atoms with E-state index in [1.165, 1.54) is 10.4 Å². The van der Waals surface area contributed by atoms with Gasteiger partial charge in [0.1, 0.15) is 5.75 Å². The second-order valence-corrected chi connectivity index (χ2v) is 8.75. The lowest BCUT2D eigenvalue weighted by molar-refractivity contribution is 0.0953. The van der Waals surface area contributed by atoms with Crippen LogP contribution in [0.25, 0.3) is 0 Å². The minimum absolute atomic E-state index is 0.177. The summed E-state index contributed by atoms with van der Waals surface area (Å²) in [5.74, 6) is 0.576. The molecule has 1 fully saturated rings. The highest BCUT2D eigenvalue weighted by atomic mass is 32.2. The van der Waals surface area contributed by atoms with Crippen LogP contribution >= 0.6 is 0 Å². The molecule has 1 amide bonds. The van der Waals surface area contributed by atoms with Gasteiger partial charge in [0, 0.05) is 25.2 Å². The number of methoxy groups -OCH3 is 1. The van der Waals surface area contributed by atoms with Crippen molar-refractivity contribution in [3.05, 3.63) is 59.7 Å². The number of sulfonamides is 1. The molecule has 0 spiro atoms. The van der Waals surface area contributed by atoms with Gasteiger partial charge in [0.2, 0.25) is 10.0 Å². The molecule has 1 aliphatic heterocycles. The number of benzene rings is 2. The summed E-state index contributed by atoms with van der Waals surface area (Å²) in [5.41, 5.74) is 1.45. The number of nitrogens with zero attached hydrogens (tertiary/aromatic N) is 1. The van der Waals surface area contributed by atoms with Crippen LogP contribution in [0, 0.1) is 0 Å². The van der Waals surface area contributed by atoms with Gasteiger partial charge in [0.25, 0.3) is 5.91 Å². The summed E-state index contributed by atoms with van der Waals surface area (Å²) in [6.07, 6.45) is 3.31. The monoisotopic (exact) mass is 402 g/mol. The smallest absolute Gasteiger partial charge is 0.251 e. The van der Waals surface area contributed by atoms with Gasteiger partial charge in [0.05, 0.1) is 12.0 Å². The predicted octanol–water partition coefficient (Wildman–Crippen LogP) is 2.84. The van der Waals surface area contributed by atoms with Gasteiger partial charge in [-0.25, -0.2) is 8.42 Å². The fourth-order valence-electron chi connectivity index (χ4n) is 3.37. The van der Waals surface area contributed by atoms with Crippen LogP contribution < -0.4 is 10.1 Å². The van der Waals surface area contributed by atoms with E-state index >= 15 is 0 Å².